The van der Waals surface area contributed by atoms with Crippen molar-refractivity contribution >= 4 is 5.69 Å². The SMILES string of the molecule is Nc1ccc(-c2ccc(OC(F)(F)F)cc2)cc1OC(F)(F)F. The lowest BCUT2D eigenvalue weighted by molar-refractivity contribution is -0.275. The Hall–Kier alpha value is -2.58. The number of ether oxygens (including phenoxy) is 2. The van der Waals surface area contributed by atoms with Crippen molar-refractivity contribution in [1.29, 1.82) is 0 Å². The Kier molecular flexibility index (Phi) is 4.31. The minimum absolute atomic E-state index is 0.219. The van der Waals surface area contributed by atoms with Gasteiger partial charge in [-0.3, -0.25) is 0 Å². The van der Waals surface area contributed by atoms with Crippen LogP contribution in [0.15, 0.2) is 42.5 Å². The van der Waals surface area contributed by atoms with Gasteiger partial charge in [-0.2, -0.15) is 0 Å². The Labute approximate surface area is 126 Å². The molecule has 2 rings (SSSR count). The second-order valence-corrected chi connectivity index (χ2v) is 4.37. The number of benzene rings is 2. The molecule has 124 valence electrons. The number of nitrogen functional groups attached to an aromatic ring is 1. The molecule has 0 fully saturated rings. The lowest BCUT2D eigenvalue weighted by Crippen LogP contribution is -2.18. The fourth-order valence-electron chi connectivity index (χ4n) is 1.78. The summed E-state index contributed by atoms with van der Waals surface area (Å²) < 4.78 is 80.5. The topological polar surface area (TPSA) is 44.5 Å². The second kappa shape index (κ2) is 5.90. The van der Waals surface area contributed by atoms with Crippen molar-refractivity contribution in [1.82, 2.24) is 0 Å². The molecule has 0 spiro atoms. The Balaban J connectivity index is 2.26. The quantitative estimate of drug-likeness (QED) is 0.650. The highest BCUT2D eigenvalue weighted by molar-refractivity contribution is 5.70. The first-order valence-electron chi connectivity index (χ1n) is 6.05. The van der Waals surface area contributed by atoms with E-state index in [0.29, 0.717) is 5.56 Å². The fraction of sp³-hybridized carbons (Fsp3) is 0.143. The summed E-state index contributed by atoms with van der Waals surface area (Å²) in [6.45, 7) is 0. The summed E-state index contributed by atoms with van der Waals surface area (Å²) >= 11 is 0. The first-order valence-corrected chi connectivity index (χ1v) is 6.05. The maximum atomic E-state index is 12.3. The summed E-state index contributed by atoms with van der Waals surface area (Å²) in [7, 11) is 0. The monoisotopic (exact) mass is 337 g/mol. The van der Waals surface area contributed by atoms with E-state index >= 15 is 0 Å². The van der Waals surface area contributed by atoms with Crippen LogP contribution in [-0.2, 0) is 0 Å². The van der Waals surface area contributed by atoms with E-state index in [0.717, 1.165) is 18.2 Å². The number of hydrogen-bond acceptors (Lipinski definition) is 3. The molecule has 3 nitrogen and oxygen atoms in total. The smallest absolute Gasteiger partial charge is 0.406 e. The Morgan fingerprint density at radius 2 is 1.22 bits per heavy atom. The van der Waals surface area contributed by atoms with E-state index in [1.165, 1.54) is 24.3 Å². The van der Waals surface area contributed by atoms with Gasteiger partial charge in [0.05, 0.1) is 5.69 Å². The van der Waals surface area contributed by atoms with Crippen LogP contribution >= 0.6 is 0 Å². The van der Waals surface area contributed by atoms with E-state index < -0.39 is 24.2 Å². The lowest BCUT2D eigenvalue weighted by Gasteiger charge is -2.13. The van der Waals surface area contributed by atoms with Gasteiger partial charge in [0.15, 0.2) is 5.75 Å². The summed E-state index contributed by atoms with van der Waals surface area (Å²) in [4.78, 5) is 0. The third kappa shape index (κ3) is 4.97. The zero-order valence-electron chi connectivity index (χ0n) is 11.2. The van der Waals surface area contributed by atoms with E-state index in [1.54, 1.807) is 0 Å². The minimum atomic E-state index is -4.91. The Bertz CT molecular complexity index is 679. The number of anilines is 1. The number of hydrogen-bond donors (Lipinski definition) is 1. The lowest BCUT2D eigenvalue weighted by atomic mass is 10.0. The van der Waals surface area contributed by atoms with Gasteiger partial charge < -0.3 is 15.2 Å². The molecule has 0 aromatic heterocycles. The largest absolute Gasteiger partial charge is 0.573 e. The van der Waals surface area contributed by atoms with Crippen LogP contribution in [0.3, 0.4) is 0 Å². The molecule has 0 aliphatic heterocycles. The average Bonchev–Trinajstić information content (AvgIpc) is 2.39. The predicted molar refractivity (Wildman–Crippen MR) is 69.7 cm³/mol. The summed E-state index contributed by atoms with van der Waals surface area (Å²) in [5.41, 5.74) is 5.83. The molecule has 2 aromatic carbocycles. The van der Waals surface area contributed by atoms with E-state index in [1.807, 2.05) is 0 Å². The van der Waals surface area contributed by atoms with Crippen LogP contribution in [0.25, 0.3) is 11.1 Å². The molecule has 2 aromatic rings. The van der Waals surface area contributed by atoms with Gasteiger partial charge >= 0.3 is 12.7 Å². The summed E-state index contributed by atoms with van der Waals surface area (Å²) in [6.07, 6.45) is -9.73. The van der Waals surface area contributed by atoms with Gasteiger partial charge in [0.2, 0.25) is 0 Å². The highest BCUT2D eigenvalue weighted by Gasteiger charge is 2.32. The maximum absolute atomic E-state index is 12.3. The molecule has 0 heterocycles. The van der Waals surface area contributed by atoms with Crippen molar-refractivity contribution in [2.45, 2.75) is 12.7 Å². The summed E-state index contributed by atoms with van der Waals surface area (Å²) in [5, 5.41) is 0. The Morgan fingerprint density at radius 3 is 1.74 bits per heavy atom. The van der Waals surface area contributed by atoms with Crippen molar-refractivity contribution in [2.75, 3.05) is 5.73 Å². The molecule has 0 unspecified atom stereocenters. The normalized spacial score (nSPS) is 12.1. The fourth-order valence-corrected chi connectivity index (χ4v) is 1.78. The molecule has 0 atom stereocenters. The van der Waals surface area contributed by atoms with Crippen LogP contribution in [0.2, 0.25) is 0 Å². The first-order chi connectivity index (χ1) is 10.5. The number of halogens is 6. The van der Waals surface area contributed by atoms with Crippen LogP contribution in [-0.4, -0.2) is 12.7 Å². The standard InChI is InChI=1S/C14H9F6NO2/c15-13(16,17)22-10-4-1-8(2-5-10)9-3-6-11(21)12(7-9)23-14(18,19)20/h1-7H,21H2. The molecule has 0 aliphatic rings. The summed E-state index contributed by atoms with van der Waals surface area (Å²) in [6, 6.07) is 8.29. The van der Waals surface area contributed by atoms with E-state index in [9.17, 15) is 26.3 Å². The van der Waals surface area contributed by atoms with Crippen LogP contribution in [0.1, 0.15) is 0 Å². The van der Waals surface area contributed by atoms with E-state index in [4.69, 9.17) is 5.73 Å². The molecule has 9 heteroatoms. The Morgan fingerprint density at radius 1 is 0.696 bits per heavy atom. The molecule has 0 saturated heterocycles. The maximum Gasteiger partial charge on any atom is 0.573 e. The molecule has 0 bridgehead atoms. The van der Waals surface area contributed by atoms with Gasteiger partial charge in [0.1, 0.15) is 5.75 Å². The van der Waals surface area contributed by atoms with E-state index in [2.05, 4.69) is 9.47 Å². The zero-order valence-corrected chi connectivity index (χ0v) is 11.2. The van der Waals surface area contributed by atoms with Gasteiger partial charge in [-0.15, -0.1) is 26.3 Å². The van der Waals surface area contributed by atoms with Gasteiger partial charge in [0.25, 0.3) is 0 Å². The van der Waals surface area contributed by atoms with Crippen molar-refractivity contribution in [3.05, 3.63) is 42.5 Å². The molecule has 0 amide bonds. The van der Waals surface area contributed by atoms with E-state index in [-0.39, 0.29) is 11.3 Å². The van der Waals surface area contributed by atoms with Crippen LogP contribution < -0.4 is 15.2 Å². The van der Waals surface area contributed by atoms with Gasteiger partial charge in [-0.05, 0) is 35.4 Å². The predicted octanol–water partition coefficient (Wildman–Crippen LogP) is 4.73. The molecule has 0 radical (unpaired) electrons. The van der Waals surface area contributed by atoms with Crippen molar-refractivity contribution < 1.29 is 35.8 Å². The highest BCUT2D eigenvalue weighted by atomic mass is 19.4. The van der Waals surface area contributed by atoms with Crippen LogP contribution in [0.4, 0.5) is 32.0 Å². The van der Waals surface area contributed by atoms with Gasteiger partial charge in [-0.25, -0.2) is 0 Å². The third-order valence-electron chi connectivity index (χ3n) is 2.66. The van der Waals surface area contributed by atoms with Gasteiger partial charge in [-0.1, -0.05) is 18.2 Å². The first kappa shape index (κ1) is 16.8. The van der Waals surface area contributed by atoms with Gasteiger partial charge in [0, 0.05) is 0 Å². The van der Waals surface area contributed by atoms with Crippen molar-refractivity contribution in [3.8, 4) is 22.6 Å². The zero-order chi connectivity index (χ0) is 17.3. The van der Waals surface area contributed by atoms with Crippen LogP contribution in [0, 0.1) is 0 Å². The molecule has 0 saturated carbocycles. The molecular weight excluding hydrogens is 328 g/mol. The molecule has 0 aliphatic carbocycles. The molecule has 2 N–H and O–H groups in total. The van der Waals surface area contributed by atoms with Crippen LogP contribution in [0.5, 0.6) is 11.5 Å². The summed E-state index contributed by atoms with van der Waals surface area (Å²) in [5.74, 6) is -1.03. The highest BCUT2D eigenvalue weighted by Crippen LogP contribution is 2.33. The number of alkyl halides is 6. The van der Waals surface area contributed by atoms with Crippen molar-refractivity contribution in [2.24, 2.45) is 0 Å². The minimum Gasteiger partial charge on any atom is -0.406 e. The molecular formula is C14H9F6NO2. The van der Waals surface area contributed by atoms with Crippen molar-refractivity contribution in [3.63, 3.8) is 0 Å². The third-order valence-corrected chi connectivity index (χ3v) is 2.66. The number of nitrogens with two attached hydrogens (primary N) is 1. The number of rotatable bonds is 3. The average molecular weight is 337 g/mol. The second-order valence-electron chi connectivity index (χ2n) is 4.37. The molecule has 23 heavy (non-hydrogen) atoms.